The van der Waals surface area contributed by atoms with Crippen LogP contribution in [0.5, 0.6) is 0 Å². The largest absolute Gasteiger partial charge is 0.481 e. The molecule has 3 atom stereocenters. The van der Waals surface area contributed by atoms with Crippen molar-refractivity contribution in [2.24, 2.45) is 0 Å². The van der Waals surface area contributed by atoms with Gasteiger partial charge in [0.2, 0.25) is 0 Å². The van der Waals surface area contributed by atoms with Crippen LogP contribution < -0.4 is 5.32 Å². The summed E-state index contributed by atoms with van der Waals surface area (Å²) in [7, 11) is 0. The first-order valence-electron chi connectivity index (χ1n) is 11.4. The molecular weight excluding hydrogens is 382 g/mol. The Morgan fingerprint density at radius 2 is 1.71 bits per heavy atom. The summed E-state index contributed by atoms with van der Waals surface area (Å²) in [5.74, 6) is -0.266. The van der Waals surface area contributed by atoms with E-state index >= 15 is 0 Å². The molecule has 2 N–H and O–H groups in total. The SMILES string of the molecule is C[C@@H](NC1CCCC(c2ccc(C(C)(C)C(=O)O)cc2)C1)c1cccc2ccccc12. The summed E-state index contributed by atoms with van der Waals surface area (Å²) < 4.78 is 0. The molecule has 162 valence electrons. The van der Waals surface area contributed by atoms with E-state index in [1.165, 1.54) is 41.2 Å². The quantitative estimate of drug-likeness (QED) is 0.478. The number of hydrogen-bond donors (Lipinski definition) is 2. The fourth-order valence-corrected chi connectivity index (χ4v) is 5.01. The van der Waals surface area contributed by atoms with E-state index in [0.29, 0.717) is 18.0 Å². The smallest absolute Gasteiger partial charge is 0.313 e. The summed E-state index contributed by atoms with van der Waals surface area (Å²) in [6.07, 6.45) is 4.74. The van der Waals surface area contributed by atoms with E-state index < -0.39 is 11.4 Å². The van der Waals surface area contributed by atoms with Gasteiger partial charge in [0.25, 0.3) is 0 Å². The minimum absolute atomic E-state index is 0.300. The van der Waals surface area contributed by atoms with Crippen LogP contribution in [0.25, 0.3) is 10.8 Å². The lowest BCUT2D eigenvalue weighted by Gasteiger charge is -2.33. The van der Waals surface area contributed by atoms with Gasteiger partial charge in [-0.25, -0.2) is 0 Å². The van der Waals surface area contributed by atoms with Gasteiger partial charge in [-0.05, 0) is 73.4 Å². The monoisotopic (exact) mass is 415 g/mol. The highest BCUT2D eigenvalue weighted by Crippen LogP contribution is 2.35. The number of carboxylic acid groups (broad SMARTS) is 1. The van der Waals surface area contributed by atoms with Crippen LogP contribution in [0.2, 0.25) is 0 Å². The highest BCUT2D eigenvalue weighted by molar-refractivity contribution is 5.86. The second-order valence-electron chi connectivity index (χ2n) is 9.57. The van der Waals surface area contributed by atoms with E-state index in [0.717, 1.165) is 12.0 Å². The Kier molecular flexibility index (Phi) is 6.15. The van der Waals surface area contributed by atoms with Gasteiger partial charge >= 0.3 is 5.97 Å². The predicted molar refractivity (Wildman–Crippen MR) is 128 cm³/mol. The first kappa shape index (κ1) is 21.6. The standard InChI is InChI=1S/C28H33NO2/c1-19(25-13-7-9-21-8-4-5-12-26(21)25)29-24-11-6-10-22(18-24)20-14-16-23(17-15-20)28(2,3)27(30)31/h4-5,7-9,12-17,19,22,24,29H,6,10-11,18H2,1-3H3,(H,30,31)/t19-,22?,24?/m1/s1. The average Bonchev–Trinajstić information content (AvgIpc) is 2.79. The second-order valence-corrected chi connectivity index (χ2v) is 9.57. The molecule has 0 aromatic heterocycles. The topological polar surface area (TPSA) is 49.3 Å². The summed E-state index contributed by atoms with van der Waals surface area (Å²) in [6.45, 7) is 5.80. The first-order chi connectivity index (χ1) is 14.9. The van der Waals surface area contributed by atoms with Gasteiger partial charge in [0.1, 0.15) is 0 Å². The van der Waals surface area contributed by atoms with Crippen molar-refractivity contribution in [2.45, 2.75) is 69.9 Å². The summed E-state index contributed by atoms with van der Waals surface area (Å²) in [4.78, 5) is 11.5. The maximum atomic E-state index is 11.5. The summed E-state index contributed by atoms with van der Waals surface area (Å²) in [5.41, 5.74) is 2.69. The molecular formula is C28H33NO2. The van der Waals surface area contributed by atoms with Crippen molar-refractivity contribution in [1.29, 1.82) is 0 Å². The number of benzene rings is 3. The Morgan fingerprint density at radius 1 is 1.00 bits per heavy atom. The van der Waals surface area contributed by atoms with Crippen molar-refractivity contribution in [2.75, 3.05) is 0 Å². The summed E-state index contributed by atoms with van der Waals surface area (Å²) in [6, 6.07) is 24.2. The first-order valence-corrected chi connectivity index (χ1v) is 11.4. The third-order valence-electron chi connectivity index (χ3n) is 7.09. The molecule has 0 amide bonds. The number of carbonyl (C=O) groups is 1. The Morgan fingerprint density at radius 3 is 2.45 bits per heavy atom. The maximum absolute atomic E-state index is 11.5. The fraction of sp³-hybridized carbons (Fsp3) is 0.393. The minimum atomic E-state index is -0.858. The van der Waals surface area contributed by atoms with E-state index in [-0.39, 0.29) is 0 Å². The zero-order valence-corrected chi connectivity index (χ0v) is 18.8. The number of nitrogens with one attached hydrogen (secondary N) is 1. The van der Waals surface area contributed by atoms with Crippen molar-refractivity contribution in [3.05, 3.63) is 83.4 Å². The molecule has 3 aromatic carbocycles. The highest BCUT2D eigenvalue weighted by Gasteiger charge is 2.30. The minimum Gasteiger partial charge on any atom is -0.481 e. The third kappa shape index (κ3) is 4.52. The summed E-state index contributed by atoms with van der Waals surface area (Å²) >= 11 is 0. The Labute approximate surface area is 185 Å². The van der Waals surface area contributed by atoms with Crippen LogP contribution in [0.15, 0.2) is 66.7 Å². The van der Waals surface area contributed by atoms with Crippen LogP contribution in [-0.2, 0) is 10.2 Å². The van der Waals surface area contributed by atoms with Crippen LogP contribution in [0.1, 0.15) is 75.1 Å². The molecule has 3 heteroatoms. The molecule has 0 bridgehead atoms. The number of aliphatic carboxylic acids is 1. The molecule has 0 heterocycles. The second kappa shape index (κ2) is 8.84. The molecule has 31 heavy (non-hydrogen) atoms. The van der Waals surface area contributed by atoms with Gasteiger partial charge in [-0.3, -0.25) is 4.79 Å². The van der Waals surface area contributed by atoms with Gasteiger partial charge in [-0.2, -0.15) is 0 Å². The van der Waals surface area contributed by atoms with Gasteiger partial charge in [0.15, 0.2) is 0 Å². The maximum Gasteiger partial charge on any atom is 0.313 e. The normalized spacial score (nSPS) is 20.5. The van der Waals surface area contributed by atoms with Gasteiger partial charge in [-0.15, -0.1) is 0 Å². The lowest BCUT2D eigenvalue weighted by atomic mass is 9.79. The molecule has 0 radical (unpaired) electrons. The lowest BCUT2D eigenvalue weighted by Crippen LogP contribution is -2.35. The van der Waals surface area contributed by atoms with Crippen LogP contribution in [0, 0.1) is 0 Å². The van der Waals surface area contributed by atoms with E-state index in [1.54, 1.807) is 13.8 Å². The van der Waals surface area contributed by atoms with Gasteiger partial charge in [0, 0.05) is 12.1 Å². The molecule has 0 saturated heterocycles. The predicted octanol–water partition coefficient (Wildman–Crippen LogP) is 6.58. The molecule has 0 aliphatic heterocycles. The number of carboxylic acids is 1. The van der Waals surface area contributed by atoms with Gasteiger partial charge in [0.05, 0.1) is 5.41 Å². The van der Waals surface area contributed by atoms with Gasteiger partial charge in [-0.1, -0.05) is 73.2 Å². The van der Waals surface area contributed by atoms with E-state index in [1.807, 2.05) is 12.1 Å². The number of fused-ring (bicyclic) bond motifs is 1. The summed E-state index contributed by atoms with van der Waals surface area (Å²) in [5, 5.41) is 16.0. The Bertz CT molecular complexity index is 1050. The molecule has 0 spiro atoms. The van der Waals surface area contributed by atoms with Crippen LogP contribution in [0.4, 0.5) is 0 Å². The van der Waals surface area contributed by atoms with Crippen molar-refractivity contribution in [3.63, 3.8) is 0 Å². The molecule has 1 fully saturated rings. The van der Waals surface area contributed by atoms with E-state index in [4.69, 9.17) is 0 Å². The zero-order chi connectivity index (χ0) is 22.0. The zero-order valence-electron chi connectivity index (χ0n) is 18.8. The Hall–Kier alpha value is -2.65. The molecule has 1 saturated carbocycles. The van der Waals surface area contributed by atoms with Crippen molar-refractivity contribution < 1.29 is 9.90 Å². The van der Waals surface area contributed by atoms with Crippen molar-refractivity contribution in [3.8, 4) is 0 Å². The van der Waals surface area contributed by atoms with E-state index in [2.05, 4.69) is 66.8 Å². The fourth-order valence-electron chi connectivity index (χ4n) is 5.01. The van der Waals surface area contributed by atoms with Crippen LogP contribution >= 0.6 is 0 Å². The molecule has 4 rings (SSSR count). The van der Waals surface area contributed by atoms with Crippen LogP contribution in [-0.4, -0.2) is 17.1 Å². The number of rotatable bonds is 6. The molecule has 1 aliphatic rings. The molecule has 2 unspecified atom stereocenters. The van der Waals surface area contributed by atoms with Crippen molar-refractivity contribution in [1.82, 2.24) is 5.32 Å². The average molecular weight is 416 g/mol. The number of hydrogen-bond acceptors (Lipinski definition) is 2. The molecule has 1 aliphatic carbocycles. The Balaban J connectivity index is 1.46. The third-order valence-corrected chi connectivity index (χ3v) is 7.09. The van der Waals surface area contributed by atoms with Crippen LogP contribution in [0.3, 0.4) is 0 Å². The molecule has 3 aromatic rings. The van der Waals surface area contributed by atoms with Gasteiger partial charge < -0.3 is 10.4 Å². The van der Waals surface area contributed by atoms with Crippen molar-refractivity contribution >= 4 is 16.7 Å². The highest BCUT2D eigenvalue weighted by atomic mass is 16.4. The lowest BCUT2D eigenvalue weighted by molar-refractivity contribution is -0.142. The molecule has 3 nitrogen and oxygen atoms in total. The van der Waals surface area contributed by atoms with E-state index in [9.17, 15) is 9.90 Å².